The highest BCUT2D eigenvalue weighted by Gasteiger charge is 2.69. The van der Waals surface area contributed by atoms with E-state index in [2.05, 4.69) is 121 Å². The van der Waals surface area contributed by atoms with Gasteiger partial charge in [0.15, 0.2) is 0 Å². The van der Waals surface area contributed by atoms with Crippen molar-refractivity contribution in [3.63, 3.8) is 0 Å². The molecule has 8 atom stereocenters. The van der Waals surface area contributed by atoms with Gasteiger partial charge in [-0.1, -0.05) is 65.3 Å². The highest BCUT2D eigenvalue weighted by Crippen LogP contribution is 2.76. The van der Waals surface area contributed by atoms with Crippen LogP contribution in [0.15, 0.2) is 43.0 Å². The Labute approximate surface area is 343 Å². The molecule has 7 rings (SSSR count). The molecule has 56 heavy (non-hydrogen) atoms. The lowest BCUT2D eigenvalue weighted by molar-refractivity contribution is -0.217. The minimum Gasteiger partial charge on any atom is -0.478 e. The van der Waals surface area contributed by atoms with Gasteiger partial charge in [0.2, 0.25) is 0 Å². The van der Waals surface area contributed by atoms with E-state index in [1.165, 1.54) is 102 Å². The number of hydrogen-bond acceptors (Lipinski definition) is 4. The Morgan fingerprint density at radius 2 is 1.39 bits per heavy atom. The van der Waals surface area contributed by atoms with Gasteiger partial charge in [0, 0.05) is 44.8 Å². The van der Waals surface area contributed by atoms with Crippen LogP contribution in [0.25, 0.3) is 5.57 Å². The van der Waals surface area contributed by atoms with Gasteiger partial charge >= 0.3 is 5.97 Å². The lowest BCUT2D eigenvalue weighted by Crippen LogP contribution is -2.67. The molecule has 2 N–H and O–H groups in total. The summed E-state index contributed by atoms with van der Waals surface area (Å²) in [6.07, 6.45) is 49.9. The molecule has 4 saturated carbocycles. The molecule has 5 aliphatic carbocycles. The van der Waals surface area contributed by atoms with E-state index in [-0.39, 0.29) is 5.41 Å². The number of carboxylic acid groups (broad SMARTS) is 1. The number of aromatic carboxylic acids is 1. The van der Waals surface area contributed by atoms with E-state index < -0.39 is 5.97 Å². The van der Waals surface area contributed by atoms with Crippen LogP contribution in [0.4, 0.5) is 0 Å². The number of hydrogen-bond donors (Lipinski definition) is 2. The minimum absolute atomic E-state index is 0.0671. The van der Waals surface area contributed by atoms with Gasteiger partial charge < -0.3 is 15.3 Å². The molecule has 0 amide bonds. The standard InChI is InChI=1S/C40H61N3O2.C3H6.4C2H2/c1-36(2)30(28-9-11-29(12-10-28)35(44)45)15-18-37(3)33(36)16-19-39(5)34(37)14-13-31-32-8-7-17-40(32,21-20-38(31,39)4)41-22-23-43-26-24-42(6)25-27-43;1-3-2;4*1-2/h9-12,15,31-34,41H,7-8,13-14,16-27H2,1-6H3,(H,44,45);3H,1H2,2H3;4*1-2H/t31-,32?,33?,34?,37+,38-,39-,40+;;;;;/m1...../s1. The number of rotatable bonds is 6. The second-order valence-electron chi connectivity index (χ2n) is 18.2. The summed E-state index contributed by atoms with van der Waals surface area (Å²) in [5, 5.41) is 13.7. The van der Waals surface area contributed by atoms with Gasteiger partial charge in [0.05, 0.1) is 5.56 Å². The van der Waals surface area contributed by atoms with E-state index in [1.54, 1.807) is 18.2 Å². The Morgan fingerprint density at radius 1 is 0.804 bits per heavy atom. The maximum Gasteiger partial charge on any atom is 0.335 e. The Kier molecular flexibility index (Phi) is 17.8. The summed E-state index contributed by atoms with van der Waals surface area (Å²) in [6.45, 7) is 25.7. The molecule has 1 aromatic rings. The first-order valence-corrected chi connectivity index (χ1v) is 20.9. The number of carbonyl (C=O) groups is 1. The third-order valence-electron chi connectivity index (χ3n) is 15.9. The van der Waals surface area contributed by atoms with Gasteiger partial charge in [0.25, 0.3) is 0 Å². The molecule has 306 valence electrons. The number of nitrogens with one attached hydrogen (secondary N) is 1. The third kappa shape index (κ3) is 8.88. The smallest absolute Gasteiger partial charge is 0.335 e. The summed E-state index contributed by atoms with van der Waals surface area (Å²) in [4.78, 5) is 16.7. The fraction of sp³-hybridized carbons (Fsp3) is 0.627. The van der Waals surface area contributed by atoms with Crippen LogP contribution in [-0.2, 0) is 0 Å². The zero-order valence-electron chi connectivity index (χ0n) is 36.2. The first-order valence-electron chi connectivity index (χ1n) is 20.9. The number of nitrogens with zero attached hydrogens (tertiary/aromatic N) is 2. The molecule has 1 aromatic carbocycles. The number of terminal acetylenes is 4. The van der Waals surface area contributed by atoms with Crippen molar-refractivity contribution in [1.82, 2.24) is 15.1 Å². The van der Waals surface area contributed by atoms with Gasteiger partial charge in [-0.2, -0.15) is 0 Å². The summed E-state index contributed by atoms with van der Waals surface area (Å²) in [5.74, 6) is 2.25. The minimum atomic E-state index is -0.847. The number of likely N-dealkylation sites (N-methyl/N-ethyl adjacent to an activating group) is 1. The predicted octanol–water partition coefficient (Wildman–Crippen LogP) is 10.0. The molecular formula is C51H75N3O2. The van der Waals surface area contributed by atoms with Crippen molar-refractivity contribution >= 4 is 11.5 Å². The fourth-order valence-electron chi connectivity index (χ4n) is 13.3. The molecule has 0 spiro atoms. The lowest BCUT2D eigenvalue weighted by Gasteiger charge is -2.72. The Balaban J connectivity index is 0.000000902. The summed E-state index contributed by atoms with van der Waals surface area (Å²) in [7, 11) is 2.26. The van der Waals surface area contributed by atoms with E-state index >= 15 is 0 Å². The van der Waals surface area contributed by atoms with Crippen LogP contribution in [0.1, 0.15) is 122 Å². The molecule has 3 unspecified atom stereocenters. The van der Waals surface area contributed by atoms with E-state index in [1.807, 2.05) is 19.1 Å². The van der Waals surface area contributed by atoms with Crippen LogP contribution in [-0.4, -0.2) is 72.7 Å². The first-order chi connectivity index (χ1) is 26.8. The molecule has 0 aromatic heterocycles. The monoisotopic (exact) mass is 762 g/mol. The van der Waals surface area contributed by atoms with Crippen molar-refractivity contribution in [2.75, 3.05) is 46.3 Å². The zero-order valence-corrected chi connectivity index (χ0v) is 36.2. The molecular weight excluding hydrogens is 687 g/mol. The number of fused-ring (bicyclic) bond motifs is 7. The average Bonchev–Trinajstić information content (AvgIpc) is 3.63. The van der Waals surface area contributed by atoms with Gasteiger partial charge in [-0.15, -0.1) is 58.0 Å². The SMILES string of the molecule is C#C.C#C.C#C.C#C.C=CC.CN1CCN(CCN[C@]23CCCC2[C@H]2CCC4[C@@]5(C)CC=C(c6ccc(C(=O)O)cc6)C(C)(C)C5CC[C@@]4(C)[C@]2(C)CC3)CC1. The predicted molar refractivity (Wildman–Crippen MR) is 240 cm³/mol. The topological polar surface area (TPSA) is 55.8 Å². The molecule has 0 bridgehead atoms. The van der Waals surface area contributed by atoms with Crippen molar-refractivity contribution in [2.45, 2.75) is 111 Å². The van der Waals surface area contributed by atoms with E-state index in [9.17, 15) is 9.90 Å². The van der Waals surface area contributed by atoms with Crippen LogP contribution in [0.5, 0.6) is 0 Å². The van der Waals surface area contributed by atoms with Crippen molar-refractivity contribution in [2.24, 2.45) is 45.3 Å². The summed E-state index contributed by atoms with van der Waals surface area (Å²) < 4.78 is 0. The number of carboxylic acids is 1. The molecule has 1 heterocycles. The normalized spacial score (nSPS) is 34.9. The Morgan fingerprint density at radius 3 is 1.96 bits per heavy atom. The van der Waals surface area contributed by atoms with Crippen LogP contribution in [0, 0.1) is 96.7 Å². The summed E-state index contributed by atoms with van der Waals surface area (Å²) in [5.41, 5.74) is 4.57. The molecule has 1 saturated heterocycles. The van der Waals surface area contributed by atoms with Gasteiger partial charge in [-0.25, -0.2) is 4.79 Å². The third-order valence-corrected chi connectivity index (χ3v) is 15.9. The first kappa shape index (κ1) is 48.4. The lowest BCUT2D eigenvalue weighted by atomic mass is 9.33. The molecule has 1 aliphatic heterocycles. The number of piperazine rings is 1. The van der Waals surface area contributed by atoms with Gasteiger partial charge in [0.1, 0.15) is 0 Å². The average molecular weight is 762 g/mol. The van der Waals surface area contributed by atoms with Crippen molar-refractivity contribution in [3.8, 4) is 51.4 Å². The highest BCUT2D eigenvalue weighted by molar-refractivity contribution is 5.88. The molecule has 5 fully saturated rings. The van der Waals surface area contributed by atoms with Crippen molar-refractivity contribution in [1.29, 1.82) is 0 Å². The summed E-state index contributed by atoms with van der Waals surface area (Å²) >= 11 is 0. The second kappa shape index (κ2) is 20.6. The van der Waals surface area contributed by atoms with Crippen molar-refractivity contribution in [3.05, 3.63) is 54.1 Å². The van der Waals surface area contributed by atoms with Crippen LogP contribution in [0.3, 0.4) is 0 Å². The zero-order chi connectivity index (χ0) is 42.5. The largest absolute Gasteiger partial charge is 0.478 e. The molecule has 0 radical (unpaired) electrons. The highest BCUT2D eigenvalue weighted by atomic mass is 16.4. The molecule has 5 heteroatoms. The maximum atomic E-state index is 11.5. The van der Waals surface area contributed by atoms with Crippen LogP contribution >= 0.6 is 0 Å². The fourth-order valence-corrected chi connectivity index (χ4v) is 13.3. The van der Waals surface area contributed by atoms with E-state index in [0.29, 0.717) is 33.3 Å². The van der Waals surface area contributed by atoms with Crippen molar-refractivity contribution < 1.29 is 9.90 Å². The van der Waals surface area contributed by atoms with Crippen LogP contribution in [0.2, 0.25) is 0 Å². The number of allylic oxidation sites excluding steroid dienone is 3. The number of benzene rings is 1. The quantitative estimate of drug-likeness (QED) is 0.223. The second-order valence-corrected chi connectivity index (χ2v) is 18.2. The van der Waals surface area contributed by atoms with E-state index in [4.69, 9.17) is 0 Å². The van der Waals surface area contributed by atoms with Gasteiger partial charge in [-0.3, -0.25) is 4.90 Å². The molecule has 6 aliphatic rings. The maximum absolute atomic E-state index is 11.5. The Hall–Kier alpha value is -3.71. The summed E-state index contributed by atoms with van der Waals surface area (Å²) in [6, 6.07) is 7.67. The van der Waals surface area contributed by atoms with Crippen LogP contribution < -0.4 is 5.32 Å². The van der Waals surface area contributed by atoms with E-state index in [0.717, 1.165) is 30.7 Å². The Bertz CT molecular complexity index is 1520. The van der Waals surface area contributed by atoms with Gasteiger partial charge in [-0.05, 0) is 140 Å². The molecule has 5 nitrogen and oxygen atoms in total.